The Kier molecular flexibility index (Phi) is 6.13. The molecule has 0 aliphatic rings. The van der Waals surface area contributed by atoms with E-state index in [9.17, 15) is 0 Å². The summed E-state index contributed by atoms with van der Waals surface area (Å²) in [5, 5.41) is 12.0. The lowest BCUT2D eigenvalue weighted by Gasteiger charge is -2.26. The van der Waals surface area contributed by atoms with E-state index in [-0.39, 0.29) is 6.04 Å². The number of unbranched alkanes of at least 4 members (excludes halogenated alkanes) is 1. The summed E-state index contributed by atoms with van der Waals surface area (Å²) in [6, 6.07) is 12.4. The lowest BCUT2D eigenvalue weighted by Crippen LogP contribution is -2.39. The molecule has 92 valence electrons. The van der Waals surface area contributed by atoms with Crippen molar-refractivity contribution in [2.75, 3.05) is 25.0 Å². The van der Waals surface area contributed by atoms with E-state index in [4.69, 9.17) is 5.26 Å². The van der Waals surface area contributed by atoms with E-state index >= 15 is 0 Å². The summed E-state index contributed by atoms with van der Waals surface area (Å²) in [6.07, 6.45) is 2.32. The Bertz CT molecular complexity index is 342. The van der Waals surface area contributed by atoms with Crippen molar-refractivity contribution in [1.82, 2.24) is 5.32 Å². The fourth-order valence-electron chi connectivity index (χ4n) is 1.73. The van der Waals surface area contributed by atoms with Gasteiger partial charge in [-0.25, -0.2) is 0 Å². The monoisotopic (exact) mass is 231 g/mol. The molecule has 0 amide bonds. The molecule has 1 unspecified atom stereocenters. The highest BCUT2D eigenvalue weighted by atomic mass is 15.1. The van der Waals surface area contributed by atoms with Gasteiger partial charge in [0.05, 0.1) is 6.07 Å². The molecule has 17 heavy (non-hydrogen) atoms. The van der Waals surface area contributed by atoms with Gasteiger partial charge in [0.2, 0.25) is 0 Å². The molecular formula is C14H21N3. The van der Waals surface area contributed by atoms with Crippen LogP contribution < -0.4 is 10.2 Å². The number of anilines is 1. The number of nitrogens with zero attached hydrogens (tertiary/aromatic N) is 2. The van der Waals surface area contributed by atoms with Crippen molar-refractivity contribution in [1.29, 1.82) is 5.26 Å². The molecule has 3 nitrogen and oxygen atoms in total. The van der Waals surface area contributed by atoms with Gasteiger partial charge in [0, 0.05) is 18.8 Å². The van der Waals surface area contributed by atoms with E-state index in [0.29, 0.717) is 0 Å². The molecule has 0 saturated heterocycles. The quantitative estimate of drug-likeness (QED) is 0.783. The van der Waals surface area contributed by atoms with Crippen LogP contribution in [0.3, 0.4) is 0 Å². The van der Waals surface area contributed by atoms with Crippen LogP contribution in [0.4, 0.5) is 5.69 Å². The largest absolute Gasteiger partial charge is 0.369 e. The Hall–Kier alpha value is -1.53. The van der Waals surface area contributed by atoms with Gasteiger partial charge >= 0.3 is 0 Å². The minimum atomic E-state index is -0.118. The minimum absolute atomic E-state index is 0.118. The van der Waals surface area contributed by atoms with Crippen LogP contribution in [-0.2, 0) is 0 Å². The van der Waals surface area contributed by atoms with Crippen LogP contribution in [0.5, 0.6) is 0 Å². The second-order valence-electron chi connectivity index (χ2n) is 4.11. The maximum atomic E-state index is 9.01. The smallest absolute Gasteiger partial charge is 0.113 e. The van der Waals surface area contributed by atoms with Crippen LogP contribution in [0.25, 0.3) is 0 Å². The summed E-state index contributed by atoms with van der Waals surface area (Å²) in [4.78, 5) is 2.27. The third-order valence-electron chi connectivity index (χ3n) is 2.81. The second-order valence-corrected chi connectivity index (χ2v) is 4.11. The van der Waals surface area contributed by atoms with Crippen LogP contribution in [0, 0.1) is 11.3 Å². The molecule has 1 N–H and O–H groups in total. The van der Waals surface area contributed by atoms with Gasteiger partial charge in [0.15, 0.2) is 0 Å². The maximum absolute atomic E-state index is 9.01. The average molecular weight is 231 g/mol. The standard InChI is InChI=1S/C14H21N3/c1-3-4-10-17(12-13(11-15)16-2)14-8-6-5-7-9-14/h5-9,13,16H,3-4,10,12H2,1-2H3. The Morgan fingerprint density at radius 1 is 1.35 bits per heavy atom. The molecule has 1 aromatic rings. The third-order valence-corrected chi connectivity index (χ3v) is 2.81. The summed E-state index contributed by atoms with van der Waals surface area (Å²) in [7, 11) is 1.83. The molecule has 0 aliphatic carbocycles. The van der Waals surface area contributed by atoms with Gasteiger partial charge in [-0.15, -0.1) is 0 Å². The highest BCUT2D eigenvalue weighted by Gasteiger charge is 2.11. The Balaban J connectivity index is 2.70. The first-order chi connectivity index (χ1) is 8.31. The van der Waals surface area contributed by atoms with E-state index < -0.39 is 0 Å². The van der Waals surface area contributed by atoms with Crippen molar-refractivity contribution in [3.63, 3.8) is 0 Å². The fourth-order valence-corrected chi connectivity index (χ4v) is 1.73. The molecular weight excluding hydrogens is 210 g/mol. The molecule has 1 atom stereocenters. The zero-order valence-corrected chi connectivity index (χ0v) is 10.7. The summed E-state index contributed by atoms with van der Waals surface area (Å²) in [5.41, 5.74) is 1.19. The first-order valence-corrected chi connectivity index (χ1v) is 6.18. The normalized spacial score (nSPS) is 11.8. The molecule has 3 heteroatoms. The summed E-state index contributed by atoms with van der Waals surface area (Å²) in [6.45, 7) is 3.92. The number of benzene rings is 1. The molecule has 0 bridgehead atoms. The number of para-hydroxylation sites is 1. The number of rotatable bonds is 7. The van der Waals surface area contributed by atoms with Crippen LogP contribution >= 0.6 is 0 Å². The van der Waals surface area contributed by atoms with E-state index in [0.717, 1.165) is 19.5 Å². The minimum Gasteiger partial charge on any atom is -0.369 e. The number of nitrogens with one attached hydrogen (secondary N) is 1. The van der Waals surface area contributed by atoms with Gasteiger partial charge in [0.25, 0.3) is 0 Å². The molecule has 0 aromatic heterocycles. The Morgan fingerprint density at radius 3 is 2.59 bits per heavy atom. The molecule has 1 rings (SSSR count). The van der Waals surface area contributed by atoms with Crippen molar-refractivity contribution >= 4 is 5.69 Å². The summed E-state index contributed by atoms with van der Waals surface area (Å²) < 4.78 is 0. The van der Waals surface area contributed by atoms with E-state index in [1.807, 2.05) is 25.2 Å². The van der Waals surface area contributed by atoms with Gasteiger partial charge in [-0.3, -0.25) is 0 Å². The third kappa shape index (κ3) is 4.46. The highest BCUT2D eigenvalue weighted by molar-refractivity contribution is 5.46. The van der Waals surface area contributed by atoms with Crippen molar-refractivity contribution < 1.29 is 0 Å². The van der Waals surface area contributed by atoms with Crippen LogP contribution in [0.2, 0.25) is 0 Å². The van der Waals surface area contributed by atoms with E-state index in [1.165, 1.54) is 12.1 Å². The van der Waals surface area contributed by atoms with Gasteiger partial charge in [-0.2, -0.15) is 5.26 Å². The number of nitriles is 1. The zero-order chi connectivity index (χ0) is 12.5. The van der Waals surface area contributed by atoms with Crippen molar-refractivity contribution in [3.05, 3.63) is 30.3 Å². The molecule has 0 heterocycles. The van der Waals surface area contributed by atoms with Gasteiger partial charge in [0.1, 0.15) is 6.04 Å². The Morgan fingerprint density at radius 2 is 2.06 bits per heavy atom. The zero-order valence-electron chi connectivity index (χ0n) is 10.7. The number of likely N-dealkylation sites (N-methyl/N-ethyl adjacent to an activating group) is 1. The van der Waals surface area contributed by atoms with Gasteiger partial charge in [-0.05, 0) is 25.6 Å². The van der Waals surface area contributed by atoms with E-state index in [1.54, 1.807) is 0 Å². The molecule has 0 radical (unpaired) electrons. The van der Waals surface area contributed by atoms with Crippen LogP contribution in [0.1, 0.15) is 19.8 Å². The number of hydrogen-bond donors (Lipinski definition) is 1. The van der Waals surface area contributed by atoms with Crippen molar-refractivity contribution in [2.24, 2.45) is 0 Å². The lowest BCUT2D eigenvalue weighted by molar-refractivity contribution is 0.623. The summed E-state index contributed by atoms with van der Waals surface area (Å²) in [5.74, 6) is 0. The first kappa shape index (κ1) is 13.5. The van der Waals surface area contributed by atoms with E-state index in [2.05, 4.69) is 35.3 Å². The topological polar surface area (TPSA) is 39.1 Å². The SMILES string of the molecule is CCCCN(CC(C#N)NC)c1ccccc1. The first-order valence-electron chi connectivity index (χ1n) is 6.18. The maximum Gasteiger partial charge on any atom is 0.113 e. The highest BCUT2D eigenvalue weighted by Crippen LogP contribution is 2.14. The molecule has 0 saturated carbocycles. The van der Waals surface area contributed by atoms with Crippen LogP contribution in [-0.4, -0.2) is 26.2 Å². The predicted molar refractivity (Wildman–Crippen MR) is 72.0 cm³/mol. The van der Waals surface area contributed by atoms with Gasteiger partial charge < -0.3 is 10.2 Å². The molecule has 0 fully saturated rings. The molecule has 0 aliphatic heterocycles. The second kappa shape index (κ2) is 7.70. The average Bonchev–Trinajstić information content (AvgIpc) is 2.40. The van der Waals surface area contributed by atoms with Crippen molar-refractivity contribution in [2.45, 2.75) is 25.8 Å². The van der Waals surface area contributed by atoms with Crippen molar-refractivity contribution in [3.8, 4) is 6.07 Å². The number of hydrogen-bond acceptors (Lipinski definition) is 3. The predicted octanol–water partition coefficient (Wildman–Crippen LogP) is 2.40. The summed E-state index contributed by atoms with van der Waals surface area (Å²) >= 11 is 0. The van der Waals surface area contributed by atoms with Crippen LogP contribution in [0.15, 0.2) is 30.3 Å². The molecule has 1 aromatic carbocycles. The van der Waals surface area contributed by atoms with Gasteiger partial charge in [-0.1, -0.05) is 31.5 Å². The fraction of sp³-hybridized carbons (Fsp3) is 0.500. The Labute approximate surface area is 104 Å². The molecule has 0 spiro atoms. The lowest BCUT2D eigenvalue weighted by atomic mass is 10.2.